The van der Waals surface area contributed by atoms with Gasteiger partial charge < -0.3 is 10.1 Å². The van der Waals surface area contributed by atoms with Crippen LogP contribution in [0.15, 0.2) is 46.0 Å². The first-order chi connectivity index (χ1) is 12.0. The number of allylic oxidation sites excluding steroid dienone is 1. The number of benzene rings is 1. The van der Waals surface area contributed by atoms with Crippen molar-refractivity contribution < 1.29 is 13.9 Å². The number of aliphatic imine (C=N–C) groups is 1. The van der Waals surface area contributed by atoms with Gasteiger partial charge in [0.1, 0.15) is 11.9 Å². The van der Waals surface area contributed by atoms with E-state index in [1.54, 1.807) is 6.20 Å². The van der Waals surface area contributed by atoms with Crippen LogP contribution in [0.25, 0.3) is 0 Å². The van der Waals surface area contributed by atoms with E-state index >= 15 is 0 Å². The molecule has 130 valence electrons. The smallest absolute Gasteiger partial charge is 0.338 e. The van der Waals surface area contributed by atoms with Crippen LogP contribution in [0.1, 0.15) is 30.0 Å². The Labute approximate surface area is 153 Å². The van der Waals surface area contributed by atoms with E-state index in [-0.39, 0.29) is 5.02 Å². The van der Waals surface area contributed by atoms with Crippen LogP contribution in [-0.2, 0) is 9.53 Å². The maximum Gasteiger partial charge on any atom is 0.338 e. The molecule has 1 aromatic heterocycles. The Hall–Kier alpha value is -2.25. The van der Waals surface area contributed by atoms with E-state index in [0.29, 0.717) is 34.1 Å². The molecule has 1 N–H and O–H groups in total. The molecule has 1 aromatic carbocycles. The lowest BCUT2D eigenvalue weighted by Gasteiger charge is -2.26. The summed E-state index contributed by atoms with van der Waals surface area (Å²) in [6.07, 6.45) is 2.24. The minimum absolute atomic E-state index is 0.200. The van der Waals surface area contributed by atoms with Gasteiger partial charge in [-0.2, -0.15) is 0 Å². The largest absolute Gasteiger partial charge is 0.466 e. The van der Waals surface area contributed by atoms with Gasteiger partial charge in [0.05, 0.1) is 12.7 Å². The van der Waals surface area contributed by atoms with Crippen LogP contribution in [0.4, 0.5) is 4.39 Å². The second kappa shape index (κ2) is 7.33. The number of ether oxygens (including phenoxy) is 1. The normalized spacial score (nSPS) is 17.1. The van der Waals surface area contributed by atoms with Crippen LogP contribution in [0, 0.1) is 5.82 Å². The van der Waals surface area contributed by atoms with Gasteiger partial charge in [-0.05, 0) is 18.6 Å². The minimum Gasteiger partial charge on any atom is -0.466 e. The quantitative estimate of drug-likeness (QED) is 0.819. The molecule has 0 aliphatic carbocycles. The number of hydrogen-bond acceptors (Lipinski definition) is 6. The van der Waals surface area contributed by atoms with Gasteiger partial charge in [-0.25, -0.2) is 14.2 Å². The van der Waals surface area contributed by atoms with Crippen LogP contribution in [0.3, 0.4) is 0 Å². The third-order valence-corrected chi connectivity index (χ3v) is 4.88. The molecule has 8 heteroatoms. The summed E-state index contributed by atoms with van der Waals surface area (Å²) in [4.78, 5) is 21.3. The monoisotopic (exact) mass is 379 g/mol. The van der Waals surface area contributed by atoms with Crippen molar-refractivity contribution in [2.45, 2.75) is 19.4 Å². The summed E-state index contributed by atoms with van der Waals surface area (Å²) in [5.74, 6) is -0.410. The SMILES string of the molecule is CCC1=C(C(=O)OC)C(c2ccc(F)cc2Cl)N=C(c2nccs2)N1. The highest BCUT2D eigenvalue weighted by atomic mass is 35.5. The van der Waals surface area contributed by atoms with Crippen molar-refractivity contribution >= 4 is 34.7 Å². The van der Waals surface area contributed by atoms with E-state index in [0.717, 1.165) is 0 Å². The van der Waals surface area contributed by atoms with E-state index in [9.17, 15) is 9.18 Å². The van der Waals surface area contributed by atoms with Crippen molar-refractivity contribution in [1.29, 1.82) is 0 Å². The summed E-state index contributed by atoms with van der Waals surface area (Å²) in [6.45, 7) is 1.92. The van der Waals surface area contributed by atoms with Crippen LogP contribution >= 0.6 is 22.9 Å². The highest BCUT2D eigenvalue weighted by Gasteiger charge is 2.33. The fourth-order valence-electron chi connectivity index (χ4n) is 2.62. The van der Waals surface area contributed by atoms with E-state index in [4.69, 9.17) is 16.3 Å². The molecule has 0 spiro atoms. The summed E-state index contributed by atoms with van der Waals surface area (Å²) >= 11 is 7.65. The minimum atomic E-state index is -0.698. The number of amidine groups is 1. The van der Waals surface area contributed by atoms with Crippen LogP contribution in [0.2, 0.25) is 5.02 Å². The lowest BCUT2D eigenvalue weighted by Crippen LogP contribution is -2.33. The van der Waals surface area contributed by atoms with Crippen molar-refractivity contribution in [1.82, 2.24) is 10.3 Å². The summed E-state index contributed by atoms with van der Waals surface area (Å²) in [5.41, 5.74) is 1.57. The van der Waals surface area contributed by atoms with Crippen LogP contribution < -0.4 is 5.32 Å². The Morgan fingerprint density at radius 3 is 2.88 bits per heavy atom. The molecule has 0 radical (unpaired) electrons. The standard InChI is InChI=1S/C17H15ClFN3O2S/c1-3-12-13(17(23)24-2)14(10-5-4-9(19)8-11(10)18)22-15(21-12)16-20-6-7-25-16/h4-8,14H,3H2,1-2H3,(H,21,22). The van der Waals surface area contributed by atoms with Crippen LogP contribution in [-0.4, -0.2) is 23.9 Å². The maximum atomic E-state index is 13.4. The predicted octanol–water partition coefficient (Wildman–Crippen LogP) is 3.86. The fourth-order valence-corrected chi connectivity index (χ4v) is 3.48. The summed E-state index contributed by atoms with van der Waals surface area (Å²) in [5, 5.41) is 5.89. The highest BCUT2D eigenvalue weighted by molar-refractivity contribution is 7.11. The van der Waals surface area contributed by atoms with Gasteiger partial charge in [0, 0.05) is 27.9 Å². The van der Waals surface area contributed by atoms with Crippen molar-refractivity contribution in [3.8, 4) is 0 Å². The molecular formula is C17H15ClFN3O2S. The van der Waals surface area contributed by atoms with Crippen LogP contribution in [0.5, 0.6) is 0 Å². The van der Waals surface area contributed by atoms with Gasteiger partial charge in [-0.3, -0.25) is 4.99 Å². The zero-order valence-corrected chi connectivity index (χ0v) is 15.1. The molecule has 1 atom stereocenters. The average Bonchev–Trinajstić information content (AvgIpc) is 3.14. The molecule has 0 amide bonds. The van der Waals surface area contributed by atoms with Crippen molar-refractivity contribution in [2.75, 3.05) is 7.11 Å². The van der Waals surface area contributed by atoms with Gasteiger partial charge in [0.25, 0.3) is 0 Å². The number of esters is 1. The molecule has 3 rings (SSSR count). The van der Waals surface area contributed by atoms with Crippen molar-refractivity contribution in [3.63, 3.8) is 0 Å². The van der Waals surface area contributed by atoms with E-state index in [1.165, 1.54) is 36.6 Å². The van der Waals surface area contributed by atoms with Gasteiger partial charge in [-0.15, -0.1) is 11.3 Å². The van der Waals surface area contributed by atoms with E-state index in [1.807, 2.05) is 12.3 Å². The maximum absolute atomic E-state index is 13.4. The zero-order valence-electron chi connectivity index (χ0n) is 13.5. The lowest BCUT2D eigenvalue weighted by molar-refractivity contribution is -0.136. The number of hydrogen-bond donors (Lipinski definition) is 1. The first-order valence-corrected chi connectivity index (χ1v) is 8.81. The molecule has 0 bridgehead atoms. The molecule has 1 aliphatic heterocycles. The Morgan fingerprint density at radius 1 is 1.48 bits per heavy atom. The Kier molecular flexibility index (Phi) is 5.15. The van der Waals surface area contributed by atoms with Gasteiger partial charge >= 0.3 is 5.97 Å². The second-order valence-electron chi connectivity index (χ2n) is 5.25. The first-order valence-electron chi connectivity index (χ1n) is 7.56. The summed E-state index contributed by atoms with van der Waals surface area (Å²) < 4.78 is 18.4. The molecule has 2 aromatic rings. The van der Waals surface area contributed by atoms with Gasteiger partial charge in [-0.1, -0.05) is 24.6 Å². The molecule has 0 fully saturated rings. The molecular weight excluding hydrogens is 365 g/mol. The number of thiazole rings is 1. The lowest BCUT2D eigenvalue weighted by atomic mass is 9.94. The third-order valence-electron chi connectivity index (χ3n) is 3.78. The van der Waals surface area contributed by atoms with Crippen molar-refractivity contribution in [2.24, 2.45) is 4.99 Å². The Bertz CT molecular complexity index is 865. The molecule has 0 saturated heterocycles. The number of carbonyl (C=O) groups excluding carboxylic acids is 1. The molecule has 5 nitrogen and oxygen atoms in total. The number of nitrogens with one attached hydrogen (secondary N) is 1. The number of rotatable bonds is 4. The van der Waals surface area contributed by atoms with E-state index in [2.05, 4.69) is 15.3 Å². The topological polar surface area (TPSA) is 63.6 Å². The number of carbonyl (C=O) groups is 1. The predicted molar refractivity (Wildman–Crippen MR) is 95.3 cm³/mol. The molecule has 1 aliphatic rings. The second-order valence-corrected chi connectivity index (χ2v) is 6.55. The molecule has 1 unspecified atom stereocenters. The van der Waals surface area contributed by atoms with E-state index < -0.39 is 17.8 Å². The third kappa shape index (κ3) is 3.43. The zero-order chi connectivity index (χ0) is 18.0. The Morgan fingerprint density at radius 2 is 2.28 bits per heavy atom. The van der Waals surface area contributed by atoms with Gasteiger partial charge in [0.15, 0.2) is 10.8 Å². The number of nitrogens with zero attached hydrogens (tertiary/aromatic N) is 2. The first kappa shape index (κ1) is 17.6. The molecule has 0 saturated carbocycles. The summed E-state index contributed by atoms with van der Waals surface area (Å²) in [6, 6.07) is 3.34. The molecule has 2 heterocycles. The number of aromatic nitrogens is 1. The van der Waals surface area contributed by atoms with Crippen molar-refractivity contribution in [3.05, 3.63) is 62.5 Å². The number of halogens is 2. The fraction of sp³-hybridized carbons (Fsp3) is 0.235. The van der Waals surface area contributed by atoms with Gasteiger partial charge in [0.2, 0.25) is 0 Å². The summed E-state index contributed by atoms with van der Waals surface area (Å²) in [7, 11) is 1.31. The highest BCUT2D eigenvalue weighted by Crippen LogP contribution is 2.37. The Balaban J connectivity index is 2.17. The average molecular weight is 380 g/mol. The molecule has 25 heavy (non-hydrogen) atoms. The number of methoxy groups -OCH3 is 1.